The lowest BCUT2D eigenvalue weighted by Gasteiger charge is -2.34. The molecule has 1 fully saturated rings. The zero-order valence-corrected chi connectivity index (χ0v) is 13.0. The van der Waals surface area contributed by atoms with E-state index >= 15 is 0 Å². The summed E-state index contributed by atoms with van der Waals surface area (Å²) in [5.74, 6) is 0.283. The number of benzene rings is 1. The molecule has 1 aliphatic heterocycles. The summed E-state index contributed by atoms with van der Waals surface area (Å²) < 4.78 is 0. The van der Waals surface area contributed by atoms with Crippen molar-refractivity contribution in [1.29, 1.82) is 0 Å². The lowest BCUT2D eigenvalue weighted by Crippen LogP contribution is -2.49. The summed E-state index contributed by atoms with van der Waals surface area (Å²) in [4.78, 5) is 13.8. The Bertz CT molecular complexity index is 458. The van der Waals surface area contributed by atoms with Gasteiger partial charge in [-0.25, -0.2) is 4.79 Å². The Balaban J connectivity index is 1.73. The summed E-state index contributed by atoms with van der Waals surface area (Å²) in [6.45, 7) is 5.98. The molecule has 0 bridgehead atoms. The van der Waals surface area contributed by atoms with E-state index in [-0.39, 0.29) is 11.9 Å². The van der Waals surface area contributed by atoms with E-state index in [4.69, 9.17) is 0 Å². The predicted octanol–water partition coefficient (Wildman–Crippen LogP) is 2.20. The maximum Gasteiger partial charge on any atom is 0.317 e. The monoisotopic (exact) mass is 290 g/mol. The molecule has 4 nitrogen and oxygen atoms in total. The molecule has 1 aliphatic rings. The van der Waals surface area contributed by atoms with Crippen LogP contribution in [0.2, 0.25) is 0 Å². The normalized spacial score (nSPS) is 22.1. The van der Waals surface area contributed by atoms with Gasteiger partial charge in [0, 0.05) is 19.6 Å². The Labute approximate surface area is 127 Å². The van der Waals surface area contributed by atoms with Gasteiger partial charge < -0.3 is 15.3 Å². The smallest absolute Gasteiger partial charge is 0.317 e. The summed E-state index contributed by atoms with van der Waals surface area (Å²) in [5.41, 5.74) is 2.57. The van der Waals surface area contributed by atoms with Gasteiger partial charge in [-0.3, -0.25) is 0 Å². The number of piperidine rings is 1. The second kappa shape index (κ2) is 7.46. The highest BCUT2D eigenvalue weighted by atomic mass is 16.3. The van der Waals surface area contributed by atoms with Crippen LogP contribution < -0.4 is 5.32 Å². The van der Waals surface area contributed by atoms with Crippen molar-refractivity contribution in [2.75, 3.05) is 19.6 Å². The van der Waals surface area contributed by atoms with Gasteiger partial charge in [0.1, 0.15) is 0 Å². The molecule has 0 radical (unpaired) electrons. The molecule has 0 spiro atoms. The summed E-state index contributed by atoms with van der Waals surface area (Å²) in [6, 6.07) is 8.46. The minimum Gasteiger partial charge on any atom is -0.391 e. The van der Waals surface area contributed by atoms with Gasteiger partial charge in [-0.1, -0.05) is 38.1 Å². The zero-order valence-electron chi connectivity index (χ0n) is 13.0. The first-order valence-electron chi connectivity index (χ1n) is 7.88. The number of aliphatic hydroxyl groups excluding tert-OH is 1. The van der Waals surface area contributed by atoms with Gasteiger partial charge in [0.05, 0.1) is 6.10 Å². The van der Waals surface area contributed by atoms with Crippen LogP contribution in [0.15, 0.2) is 24.3 Å². The summed E-state index contributed by atoms with van der Waals surface area (Å²) >= 11 is 0. The van der Waals surface area contributed by atoms with E-state index in [9.17, 15) is 9.90 Å². The minimum atomic E-state index is -0.397. The van der Waals surface area contributed by atoms with Crippen LogP contribution in [-0.4, -0.2) is 41.8 Å². The minimum absolute atomic E-state index is 0.0638. The molecule has 2 rings (SSSR count). The molecule has 1 saturated heterocycles. The van der Waals surface area contributed by atoms with Crippen LogP contribution in [0.1, 0.15) is 31.4 Å². The molecular formula is C17H26N2O2. The fourth-order valence-electron chi connectivity index (χ4n) is 2.60. The van der Waals surface area contributed by atoms with E-state index < -0.39 is 6.10 Å². The highest BCUT2D eigenvalue weighted by molar-refractivity contribution is 5.74. The zero-order chi connectivity index (χ0) is 15.2. The highest BCUT2D eigenvalue weighted by Crippen LogP contribution is 2.16. The fourth-order valence-corrected chi connectivity index (χ4v) is 2.60. The van der Waals surface area contributed by atoms with Gasteiger partial charge in [-0.2, -0.15) is 0 Å². The van der Waals surface area contributed by atoms with Crippen LogP contribution in [0.25, 0.3) is 0 Å². The Morgan fingerprint density at radius 2 is 2.00 bits per heavy atom. The maximum atomic E-state index is 12.0. The number of carbonyl (C=O) groups excluding carboxylic acids is 1. The van der Waals surface area contributed by atoms with E-state index in [1.54, 1.807) is 4.90 Å². The summed E-state index contributed by atoms with van der Waals surface area (Å²) in [6.07, 6.45) is 2.36. The van der Waals surface area contributed by atoms with Gasteiger partial charge in [0.25, 0.3) is 0 Å². The number of nitrogens with zero attached hydrogens (tertiary/aromatic N) is 1. The number of nitrogens with one attached hydrogen (secondary N) is 1. The molecule has 0 aliphatic carbocycles. The van der Waals surface area contributed by atoms with Gasteiger partial charge in [-0.05, 0) is 36.3 Å². The second-order valence-corrected chi connectivity index (χ2v) is 5.93. The average Bonchev–Trinajstić information content (AvgIpc) is 2.50. The number of amides is 2. The molecule has 2 atom stereocenters. The van der Waals surface area contributed by atoms with Crippen LogP contribution in [0.5, 0.6) is 0 Å². The topological polar surface area (TPSA) is 52.6 Å². The van der Waals surface area contributed by atoms with Crippen LogP contribution in [-0.2, 0) is 12.8 Å². The van der Waals surface area contributed by atoms with Gasteiger partial charge in [0.2, 0.25) is 0 Å². The van der Waals surface area contributed by atoms with Gasteiger partial charge in [-0.15, -0.1) is 0 Å². The van der Waals surface area contributed by atoms with Crippen molar-refractivity contribution in [1.82, 2.24) is 10.2 Å². The largest absolute Gasteiger partial charge is 0.391 e. The van der Waals surface area contributed by atoms with E-state index in [2.05, 4.69) is 36.5 Å². The van der Waals surface area contributed by atoms with Crippen molar-refractivity contribution >= 4 is 6.03 Å². The molecule has 0 saturated carbocycles. The molecular weight excluding hydrogens is 264 g/mol. The number of urea groups is 1. The van der Waals surface area contributed by atoms with Crippen molar-refractivity contribution in [2.24, 2.45) is 5.92 Å². The number of rotatable bonds is 4. The highest BCUT2D eigenvalue weighted by Gasteiger charge is 2.26. The van der Waals surface area contributed by atoms with Crippen molar-refractivity contribution in [3.8, 4) is 0 Å². The number of likely N-dealkylation sites (tertiary alicyclic amines) is 1. The van der Waals surface area contributed by atoms with E-state index in [1.165, 1.54) is 11.1 Å². The van der Waals surface area contributed by atoms with Gasteiger partial charge >= 0.3 is 6.03 Å². The maximum absolute atomic E-state index is 12.0. The van der Waals surface area contributed by atoms with Crippen LogP contribution in [0, 0.1) is 5.92 Å². The Hall–Kier alpha value is -1.55. The number of hydrogen-bond donors (Lipinski definition) is 2. The molecule has 1 heterocycles. The molecule has 2 N–H and O–H groups in total. The SMILES string of the molecule is CCc1ccc(CCNC(=O)N2CCC(C)C(O)C2)cc1. The first-order valence-corrected chi connectivity index (χ1v) is 7.88. The third kappa shape index (κ3) is 4.46. The Morgan fingerprint density at radius 1 is 1.33 bits per heavy atom. The third-order valence-electron chi connectivity index (χ3n) is 4.33. The van der Waals surface area contributed by atoms with Gasteiger partial charge in [0.15, 0.2) is 0 Å². The van der Waals surface area contributed by atoms with E-state index in [1.807, 2.05) is 6.92 Å². The molecule has 1 aromatic carbocycles. The number of aryl methyl sites for hydroxylation is 1. The van der Waals surface area contributed by atoms with E-state index in [0.29, 0.717) is 13.1 Å². The lowest BCUT2D eigenvalue weighted by atomic mass is 9.96. The molecule has 2 amide bonds. The molecule has 4 heteroatoms. The first-order chi connectivity index (χ1) is 10.1. The molecule has 2 unspecified atom stereocenters. The number of β-amino-alcohol motifs (C(OH)–C–C–N with tert-alkyl or cyclic N) is 1. The van der Waals surface area contributed by atoms with Crippen molar-refractivity contribution in [3.05, 3.63) is 35.4 Å². The van der Waals surface area contributed by atoms with Crippen LogP contribution in [0.3, 0.4) is 0 Å². The van der Waals surface area contributed by atoms with Crippen LogP contribution in [0.4, 0.5) is 4.79 Å². The standard InChI is InChI=1S/C17H26N2O2/c1-3-14-4-6-15(7-5-14)8-10-18-17(21)19-11-9-13(2)16(20)12-19/h4-7,13,16,20H,3,8-12H2,1-2H3,(H,18,21). The molecule has 116 valence electrons. The predicted molar refractivity (Wildman–Crippen MR) is 84.3 cm³/mol. The van der Waals surface area contributed by atoms with Crippen molar-refractivity contribution in [3.63, 3.8) is 0 Å². The summed E-state index contributed by atoms with van der Waals surface area (Å²) in [5, 5.41) is 12.8. The molecule has 1 aromatic rings. The third-order valence-corrected chi connectivity index (χ3v) is 4.33. The molecule has 0 aromatic heterocycles. The first kappa shape index (κ1) is 15.8. The Kier molecular flexibility index (Phi) is 5.62. The van der Waals surface area contributed by atoms with Crippen molar-refractivity contribution < 1.29 is 9.90 Å². The fraction of sp³-hybridized carbons (Fsp3) is 0.588. The van der Waals surface area contributed by atoms with E-state index in [0.717, 1.165) is 25.8 Å². The van der Waals surface area contributed by atoms with Crippen molar-refractivity contribution in [2.45, 2.75) is 39.2 Å². The Morgan fingerprint density at radius 3 is 2.62 bits per heavy atom. The lowest BCUT2D eigenvalue weighted by molar-refractivity contribution is 0.0436. The second-order valence-electron chi connectivity index (χ2n) is 5.93. The quantitative estimate of drug-likeness (QED) is 0.893. The van der Waals surface area contributed by atoms with Crippen LogP contribution >= 0.6 is 0 Å². The number of hydrogen-bond acceptors (Lipinski definition) is 2. The number of carbonyl (C=O) groups is 1. The molecule has 21 heavy (non-hydrogen) atoms. The number of aliphatic hydroxyl groups is 1. The summed E-state index contributed by atoms with van der Waals surface area (Å²) in [7, 11) is 0. The average molecular weight is 290 g/mol.